The molecule has 0 bridgehead atoms. The fraction of sp³-hybridized carbons (Fsp3) is 0.150. The second kappa shape index (κ2) is 6.05. The molecule has 0 aromatic heterocycles. The van der Waals surface area contributed by atoms with Crippen molar-refractivity contribution in [1.82, 2.24) is 0 Å². The number of ether oxygens (including phenoxy) is 1. The third-order valence-electron chi connectivity index (χ3n) is 4.01. The molecule has 3 heteroatoms. The molecule has 0 unspecified atom stereocenters. The van der Waals surface area contributed by atoms with E-state index in [1.165, 1.54) is 5.56 Å². The van der Waals surface area contributed by atoms with E-state index < -0.39 is 5.97 Å². The summed E-state index contributed by atoms with van der Waals surface area (Å²) in [6.07, 6.45) is 0. The van der Waals surface area contributed by atoms with Crippen LogP contribution in [-0.2, 0) is 0 Å². The van der Waals surface area contributed by atoms with Gasteiger partial charge in [-0.05, 0) is 60.9 Å². The van der Waals surface area contributed by atoms with E-state index in [1.807, 2.05) is 32.0 Å². The Bertz CT molecular complexity index is 913. The van der Waals surface area contributed by atoms with Gasteiger partial charge in [-0.2, -0.15) is 0 Å². The smallest absolute Gasteiger partial charge is 0.343 e. The van der Waals surface area contributed by atoms with Crippen LogP contribution in [0.2, 0.25) is 5.02 Å². The second-order valence-electron chi connectivity index (χ2n) is 5.77. The van der Waals surface area contributed by atoms with Gasteiger partial charge in [0.15, 0.2) is 0 Å². The standard InChI is InChI=1S/C20H17ClO2/c1-12-4-8-17-14(3)19(9-7-15(17)10-12)23-20(22)16-6-5-13(2)18(21)11-16/h4-11H,1-3H3. The number of rotatable bonds is 2. The molecule has 2 nitrogen and oxygen atoms in total. The van der Waals surface area contributed by atoms with Crippen molar-refractivity contribution in [1.29, 1.82) is 0 Å². The zero-order valence-electron chi connectivity index (χ0n) is 13.3. The average Bonchev–Trinajstić information content (AvgIpc) is 2.52. The molecule has 0 aliphatic rings. The lowest BCUT2D eigenvalue weighted by atomic mass is 10.0. The minimum Gasteiger partial charge on any atom is -0.423 e. The van der Waals surface area contributed by atoms with Crippen LogP contribution in [-0.4, -0.2) is 5.97 Å². The van der Waals surface area contributed by atoms with E-state index in [2.05, 4.69) is 25.1 Å². The van der Waals surface area contributed by atoms with Crippen LogP contribution in [0, 0.1) is 20.8 Å². The summed E-state index contributed by atoms with van der Waals surface area (Å²) in [6, 6.07) is 15.2. The number of fused-ring (bicyclic) bond motifs is 1. The average molecular weight is 325 g/mol. The van der Waals surface area contributed by atoms with Crippen molar-refractivity contribution in [2.24, 2.45) is 0 Å². The number of carbonyl (C=O) groups excluding carboxylic acids is 1. The monoisotopic (exact) mass is 324 g/mol. The van der Waals surface area contributed by atoms with Crippen LogP contribution in [0.4, 0.5) is 0 Å². The van der Waals surface area contributed by atoms with Gasteiger partial charge in [0, 0.05) is 5.02 Å². The molecule has 0 saturated carbocycles. The minimum atomic E-state index is -0.401. The lowest BCUT2D eigenvalue weighted by Crippen LogP contribution is -2.09. The largest absolute Gasteiger partial charge is 0.423 e. The maximum absolute atomic E-state index is 12.3. The molecule has 0 N–H and O–H groups in total. The predicted molar refractivity (Wildman–Crippen MR) is 94.6 cm³/mol. The van der Waals surface area contributed by atoms with E-state index in [0.717, 1.165) is 21.9 Å². The Labute approximate surface area is 140 Å². The van der Waals surface area contributed by atoms with Gasteiger partial charge in [-0.25, -0.2) is 4.79 Å². The van der Waals surface area contributed by atoms with E-state index in [9.17, 15) is 4.79 Å². The third kappa shape index (κ3) is 3.08. The molecule has 0 spiro atoms. The van der Waals surface area contributed by atoms with E-state index in [4.69, 9.17) is 16.3 Å². The van der Waals surface area contributed by atoms with E-state index >= 15 is 0 Å². The van der Waals surface area contributed by atoms with Crippen LogP contribution in [0.15, 0.2) is 48.5 Å². The van der Waals surface area contributed by atoms with Gasteiger partial charge in [0.2, 0.25) is 0 Å². The molecule has 0 aliphatic heterocycles. The molecule has 3 aromatic rings. The summed E-state index contributed by atoms with van der Waals surface area (Å²) in [7, 11) is 0. The summed E-state index contributed by atoms with van der Waals surface area (Å²) < 4.78 is 5.57. The zero-order valence-corrected chi connectivity index (χ0v) is 14.1. The number of esters is 1. The van der Waals surface area contributed by atoms with Crippen LogP contribution >= 0.6 is 11.6 Å². The van der Waals surface area contributed by atoms with E-state index in [0.29, 0.717) is 16.3 Å². The van der Waals surface area contributed by atoms with Gasteiger partial charge in [0.25, 0.3) is 0 Å². The molecule has 3 rings (SSSR count). The molecule has 0 heterocycles. The van der Waals surface area contributed by atoms with Gasteiger partial charge in [0.1, 0.15) is 5.75 Å². The number of carbonyl (C=O) groups is 1. The van der Waals surface area contributed by atoms with Crippen LogP contribution in [0.3, 0.4) is 0 Å². The number of benzene rings is 3. The van der Waals surface area contributed by atoms with Gasteiger partial charge in [-0.1, -0.05) is 47.5 Å². The van der Waals surface area contributed by atoms with E-state index in [1.54, 1.807) is 12.1 Å². The summed E-state index contributed by atoms with van der Waals surface area (Å²) in [5.74, 6) is 0.171. The number of hydrogen-bond acceptors (Lipinski definition) is 2. The summed E-state index contributed by atoms with van der Waals surface area (Å²) in [5.41, 5.74) is 3.54. The molecule has 0 fully saturated rings. The molecule has 0 amide bonds. The highest BCUT2D eigenvalue weighted by atomic mass is 35.5. The fourth-order valence-corrected chi connectivity index (χ4v) is 2.75. The SMILES string of the molecule is Cc1ccc2c(C)c(OC(=O)c3ccc(C)c(Cl)c3)ccc2c1. The summed E-state index contributed by atoms with van der Waals surface area (Å²) in [4.78, 5) is 12.3. The van der Waals surface area contributed by atoms with E-state index in [-0.39, 0.29) is 0 Å². The van der Waals surface area contributed by atoms with Crippen LogP contribution in [0.1, 0.15) is 27.0 Å². The van der Waals surface area contributed by atoms with Crippen molar-refractivity contribution in [2.75, 3.05) is 0 Å². The van der Waals surface area contributed by atoms with Gasteiger partial charge < -0.3 is 4.74 Å². The Hall–Kier alpha value is -2.32. The molecule has 3 aromatic carbocycles. The van der Waals surface area contributed by atoms with Crippen molar-refractivity contribution >= 4 is 28.3 Å². The first kappa shape index (κ1) is 15.6. The minimum absolute atomic E-state index is 0.401. The normalized spacial score (nSPS) is 10.8. The summed E-state index contributed by atoms with van der Waals surface area (Å²) in [6.45, 7) is 5.92. The highest BCUT2D eigenvalue weighted by Gasteiger charge is 2.13. The van der Waals surface area contributed by atoms with Gasteiger partial charge in [-0.15, -0.1) is 0 Å². The maximum atomic E-state index is 12.3. The highest BCUT2D eigenvalue weighted by molar-refractivity contribution is 6.31. The molecule has 0 radical (unpaired) electrons. The van der Waals surface area contributed by atoms with Gasteiger partial charge >= 0.3 is 5.97 Å². The Kier molecular flexibility index (Phi) is 4.10. The Morgan fingerprint density at radius 3 is 2.48 bits per heavy atom. The molecular weight excluding hydrogens is 308 g/mol. The first-order valence-corrected chi connectivity index (χ1v) is 7.82. The fourth-order valence-electron chi connectivity index (χ4n) is 2.57. The van der Waals surface area contributed by atoms with Crippen molar-refractivity contribution in [3.63, 3.8) is 0 Å². The van der Waals surface area contributed by atoms with Gasteiger partial charge in [-0.3, -0.25) is 0 Å². The van der Waals surface area contributed by atoms with Crippen LogP contribution in [0.25, 0.3) is 10.8 Å². The molecule has 23 heavy (non-hydrogen) atoms. The Morgan fingerprint density at radius 1 is 0.957 bits per heavy atom. The molecule has 116 valence electrons. The molecule has 0 aliphatic carbocycles. The molecule has 0 saturated heterocycles. The quantitative estimate of drug-likeness (QED) is 0.450. The van der Waals surface area contributed by atoms with Crippen LogP contribution in [0.5, 0.6) is 5.75 Å². The number of hydrogen-bond donors (Lipinski definition) is 0. The predicted octanol–water partition coefficient (Wildman–Crippen LogP) is 5.64. The van der Waals surface area contributed by atoms with Crippen LogP contribution < -0.4 is 4.74 Å². The third-order valence-corrected chi connectivity index (χ3v) is 4.41. The number of halogens is 1. The molecule has 0 atom stereocenters. The summed E-state index contributed by atoms with van der Waals surface area (Å²) in [5, 5.41) is 2.79. The highest BCUT2D eigenvalue weighted by Crippen LogP contribution is 2.29. The van der Waals surface area contributed by atoms with Crippen molar-refractivity contribution in [2.45, 2.75) is 20.8 Å². The Balaban J connectivity index is 1.94. The summed E-state index contributed by atoms with van der Waals surface area (Å²) >= 11 is 6.08. The lowest BCUT2D eigenvalue weighted by Gasteiger charge is -2.11. The molecular formula is C20H17ClO2. The first-order chi connectivity index (χ1) is 11.0. The zero-order chi connectivity index (χ0) is 16.6. The van der Waals surface area contributed by atoms with Crippen molar-refractivity contribution in [3.8, 4) is 5.75 Å². The van der Waals surface area contributed by atoms with Crippen molar-refractivity contribution in [3.05, 3.63) is 75.8 Å². The van der Waals surface area contributed by atoms with Crippen molar-refractivity contribution < 1.29 is 9.53 Å². The lowest BCUT2D eigenvalue weighted by molar-refractivity contribution is 0.0734. The Morgan fingerprint density at radius 2 is 1.74 bits per heavy atom. The number of aryl methyl sites for hydroxylation is 3. The topological polar surface area (TPSA) is 26.3 Å². The second-order valence-corrected chi connectivity index (χ2v) is 6.17. The van der Waals surface area contributed by atoms with Gasteiger partial charge in [0.05, 0.1) is 5.56 Å². The first-order valence-electron chi connectivity index (χ1n) is 7.44. The maximum Gasteiger partial charge on any atom is 0.343 e.